The summed E-state index contributed by atoms with van der Waals surface area (Å²) >= 11 is 0. The van der Waals surface area contributed by atoms with Crippen molar-refractivity contribution in [3.63, 3.8) is 0 Å². The molecule has 0 aliphatic heterocycles. The van der Waals surface area contributed by atoms with Gasteiger partial charge in [0.25, 0.3) is 0 Å². The van der Waals surface area contributed by atoms with Crippen LogP contribution in [0.3, 0.4) is 0 Å². The largest absolute Gasteiger partial charge is 0.0622 e. The normalized spacial score (nSPS) is 14.5. The predicted molar refractivity (Wildman–Crippen MR) is 103 cm³/mol. The Balaban J connectivity index is 5.66. The molecule has 0 N–H and O–H groups in total. The maximum Gasteiger partial charge on any atom is -0.0228 e. The second-order valence-corrected chi connectivity index (χ2v) is 9.65. The fourth-order valence-electron chi connectivity index (χ4n) is 6.17. The minimum absolute atomic E-state index is 0.462. The molecule has 0 saturated heterocycles. The second kappa shape index (κ2) is 8.20. The van der Waals surface area contributed by atoms with Crippen molar-refractivity contribution < 1.29 is 0 Å². The van der Waals surface area contributed by atoms with Gasteiger partial charge in [-0.15, -0.1) is 0 Å². The lowest BCUT2D eigenvalue weighted by Gasteiger charge is -2.51. The quantitative estimate of drug-likeness (QED) is 0.409. The van der Waals surface area contributed by atoms with Gasteiger partial charge in [-0.1, -0.05) is 83.1 Å². The summed E-state index contributed by atoms with van der Waals surface area (Å²) in [5.41, 5.74) is 0.924. The van der Waals surface area contributed by atoms with Crippen LogP contribution in [0.1, 0.15) is 95.9 Å². The maximum atomic E-state index is 2.45. The van der Waals surface area contributed by atoms with Crippen molar-refractivity contribution in [1.29, 1.82) is 0 Å². The van der Waals surface area contributed by atoms with Crippen LogP contribution in [0.25, 0.3) is 0 Å². The van der Waals surface area contributed by atoms with Crippen LogP contribution >= 0.6 is 0 Å². The van der Waals surface area contributed by atoms with Gasteiger partial charge in [-0.3, -0.25) is 0 Å². The Morgan fingerprint density at radius 1 is 0.364 bits per heavy atom. The summed E-state index contributed by atoms with van der Waals surface area (Å²) in [4.78, 5) is 0. The molecule has 0 amide bonds. The Morgan fingerprint density at radius 2 is 0.500 bits per heavy atom. The fourth-order valence-corrected chi connectivity index (χ4v) is 6.17. The van der Waals surface area contributed by atoms with Gasteiger partial charge < -0.3 is 0 Å². The Kier molecular flexibility index (Phi) is 8.20. The summed E-state index contributed by atoms with van der Waals surface area (Å²) in [6.07, 6.45) is 2.74. The molecule has 0 heteroatoms. The van der Waals surface area contributed by atoms with Gasteiger partial charge >= 0.3 is 0 Å². The maximum absolute atomic E-state index is 2.45. The van der Waals surface area contributed by atoms with E-state index < -0.39 is 0 Å². The first-order valence-corrected chi connectivity index (χ1v) is 9.87. The summed E-state index contributed by atoms with van der Waals surface area (Å²) in [6.45, 7) is 29.4. The van der Waals surface area contributed by atoms with Gasteiger partial charge in [0.15, 0.2) is 0 Å². The zero-order valence-electron chi connectivity index (χ0n) is 17.9. The third kappa shape index (κ3) is 3.90. The average molecular weight is 311 g/mol. The van der Waals surface area contributed by atoms with E-state index in [1.165, 1.54) is 12.8 Å². The lowest BCUT2D eigenvalue weighted by molar-refractivity contribution is -0.0222. The third-order valence-electron chi connectivity index (χ3n) is 7.44. The van der Waals surface area contributed by atoms with Crippen LogP contribution in [0.4, 0.5) is 0 Å². The van der Waals surface area contributed by atoms with E-state index in [2.05, 4.69) is 83.1 Å². The average Bonchev–Trinajstić information content (AvgIpc) is 2.31. The van der Waals surface area contributed by atoms with E-state index in [4.69, 9.17) is 0 Å². The molecule has 0 heterocycles. The van der Waals surface area contributed by atoms with Gasteiger partial charge in [0, 0.05) is 0 Å². The van der Waals surface area contributed by atoms with Crippen molar-refractivity contribution in [3.8, 4) is 0 Å². The highest BCUT2D eigenvalue weighted by molar-refractivity contribution is 4.94. The minimum Gasteiger partial charge on any atom is -0.0622 e. The summed E-state index contributed by atoms with van der Waals surface area (Å²) < 4.78 is 0. The van der Waals surface area contributed by atoms with Crippen LogP contribution < -0.4 is 0 Å². The minimum atomic E-state index is 0.462. The molecular formula is C22H46. The first-order chi connectivity index (χ1) is 9.87. The van der Waals surface area contributed by atoms with Crippen molar-refractivity contribution in [1.82, 2.24) is 0 Å². The Bertz CT molecular complexity index is 228. The first-order valence-electron chi connectivity index (χ1n) is 9.87. The van der Waals surface area contributed by atoms with Crippen LogP contribution in [0.15, 0.2) is 0 Å². The second-order valence-electron chi connectivity index (χ2n) is 9.65. The van der Waals surface area contributed by atoms with E-state index >= 15 is 0 Å². The van der Waals surface area contributed by atoms with Crippen LogP contribution in [-0.4, -0.2) is 0 Å². The molecule has 0 aliphatic rings. The smallest absolute Gasteiger partial charge is 0.0228 e. The molecule has 0 fully saturated rings. The molecule has 0 nitrogen and oxygen atoms in total. The van der Waals surface area contributed by atoms with Crippen molar-refractivity contribution in [3.05, 3.63) is 0 Å². The van der Waals surface area contributed by atoms with Crippen LogP contribution in [0, 0.1) is 46.3 Å². The Labute approximate surface area is 142 Å². The molecule has 0 atom stereocenters. The molecular weight excluding hydrogens is 264 g/mol. The Morgan fingerprint density at radius 3 is 0.591 bits per heavy atom. The van der Waals surface area contributed by atoms with E-state index in [1.807, 2.05) is 0 Å². The Hall–Kier alpha value is 0. The number of hydrogen-bond donors (Lipinski definition) is 0. The molecule has 0 rings (SSSR count). The van der Waals surface area contributed by atoms with Crippen molar-refractivity contribution in [2.24, 2.45) is 46.3 Å². The predicted octanol–water partition coefficient (Wildman–Crippen LogP) is 7.68. The molecule has 0 radical (unpaired) electrons. The summed E-state index contributed by atoms with van der Waals surface area (Å²) in [5, 5.41) is 0. The molecule has 134 valence electrons. The summed E-state index contributed by atoms with van der Waals surface area (Å²) in [6, 6.07) is 0. The molecule has 0 spiro atoms. The number of hydrogen-bond acceptors (Lipinski definition) is 0. The van der Waals surface area contributed by atoms with E-state index in [9.17, 15) is 0 Å². The van der Waals surface area contributed by atoms with Gasteiger partial charge in [0.05, 0.1) is 0 Å². The molecule has 0 aliphatic carbocycles. The van der Waals surface area contributed by atoms with E-state index in [-0.39, 0.29) is 0 Å². The molecule has 0 saturated carbocycles. The molecule has 22 heavy (non-hydrogen) atoms. The van der Waals surface area contributed by atoms with Crippen molar-refractivity contribution in [2.75, 3.05) is 0 Å². The van der Waals surface area contributed by atoms with E-state index in [0.717, 1.165) is 35.5 Å². The molecule has 0 bridgehead atoms. The molecule has 0 aromatic heterocycles. The van der Waals surface area contributed by atoms with Gasteiger partial charge in [0.1, 0.15) is 0 Å². The van der Waals surface area contributed by atoms with Crippen LogP contribution in [0.2, 0.25) is 0 Å². The van der Waals surface area contributed by atoms with Crippen LogP contribution in [-0.2, 0) is 0 Å². The highest BCUT2D eigenvalue weighted by Crippen LogP contribution is 2.53. The highest BCUT2D eigenvalue weighted by atomic mass is 14.5. The molecule has 0 aromatic carbocycles. The van der Waals surface area contributed by atoms with Gasteiger partial charge in [-0.2, -0.15) is 0 Å². The lowest BCUT2D eigenvalue weighted by atomic mass is 9.54. The zero-order valence-corrected chi connectivity index (χ0v) is 17.9. The first kappa shape index (κ1) is 22.0. The summed E-state index contributed by atoms with van der Waals surface area (Å²) in [5.74, 6) is 4.48. The molecule has 0 unspecified atom stereocenters. The van der Waals surface area contributed by atoms with Crippen molar-refractivity contribution >= 4 is 0 Å². The van der Waals surface area contributed by atoms with Crippen LogP contribution in [0.5, 0.6) is 0 Å². The fraction of sp³-hybridized carbons (Fsp3) is 1.00. The zero-order chi connectivity index (χ0) is 17.9. The van der Waals surface area contributed by atoms with Gasteiger partial charge in [-0.25, -0.2) is 0 Å². The monoisotopic (exact) mass is 310 g/mol. The standard InChI is InChI=1S/C22H46/c1-15(2)21(16(3)4,17(5)6)13-14-22(18(7)8,19(9)10)20(11)12/h15-20H,13-14H2,1-12H3. The topological polar surface area (TPSA) is 0 Å². The highest BCUT2D eigenvalue weighted by Gasteiger charge is 2.45. The third-order valence-corrected chi connectivity index (χ3v) is 7.44. The van der Waals surface area contributed by atoms with E-state index in [1.54, 1.807) is 0 Å². The van der Waals surface area contributed by atoms with Gasteiger partial charge in [-0.05, 0) is 59.2 Å². The number of rotatable bonds is 9. The molecule has 0 aromatic rings. The summed E-state index contributed by atoms with van der Waals surface area (Å²) in [7, 11) is 0. The SMILES string of the molecule is CC(C)C(CCC(C(C)C)(C(C)C)C(C)C)(C(C)C)C(C)C. The lowest BCUT2D eigenvalue weighted by Crippen LogP contribution is -2.44. The van der Waals surface area contributed by atoms with Gasteiger partial charge in [0.2, 0.25) is 0 Å². The van der Waals surface area contributed by atoms with Crippen molar-refractivity contribution in [2.45, 2.75) is 95.9 Å². The van der Waals surface area contributed by atoms with E-state index in [0.29, 0.717) is 10.8 Å².